The van der Waals surface area contributed by atoms with Crippen molar-refractivity contribution in [3.63, 3.8) is 0 Å². The highest BCUT2D eigenvalue weighted by Crippen LogP contribution is 2.16. The smallest absolute Gasteiger partial charge is 0.255 e. The molecule has 18 heavy (non-hydrogen) atoms. The van der Waals surface area contributed by atoms with Gasteiger partial charge in [-0.25, -0.2) is 0 Å². The van der Waals surface area contributed by atoms with Gasteiger partial charge >= 0.3 is 0 Å². The molecule has 1 atom stereocenters. The van der Waals surface area contributed by atoms with Gasteiger partial charge in [-0.3, -0.25) is 9.89 Å². The number of carbonyl (C=O) groups is 1. The van der Waals surface area contributed by atoms with Gasteiger partial charge in [-0.15, -0.1) is 10.2 Å². The molecule has 0 aliphatic heterocycles. The average Bonchev–Trinajstić information content (AvgIpc) is 3.00. The monoisotopic (exact) mass is 249 g/mol. The highest BCUT2D eigenvalue weighted by molar-refractivity contribution is 5.93. The summed E-state index contributed by atoms with van der Waals surface area (Å²) in [5, 5.41) is 16.9. The van der Waals surface area contributed by atoms with E-state index in [0.717, 1.165) is 0 Å². The highest BCUT2D eigenvalue weighted by atomic mass is 16.4. The molecule has 1 amide bonds. The molecule has 0 aliphatic rings. The Balaban J connectivity index is 2.03. The number of nitrogens with one attached hydrogen (secondary N) is 2. The maximum Gasteiger partial charge on any atom is 0.255 e. The molecule has 0 aliphatic carbocycles. The Bertz CT molecular complexity index is 517. The largest absolute Gasteiger partial charge is 0.423 e. The second-order valence-electron chi connectivity index (χ2n) is 4.32. The van der Waals surface area contributed by atoms with Gasteiger partial charge in [-0.05, 0) is 6.92 Å². The van der Waals surface area contributed by atoms with E-state index in [4.69, 9.17) is 4.42 Å². The molecule has 2 heterocycles. The van der Waals surface area contributed by atoms with E-state index >= 15 is 0 Å². The van der Waals surface area contributed by atoms with E-state index in [-0.39, 0.29) is 17.9 Å². The molecule has 2 rings (SSSR count). The average molecular weight is 249 g/mol. The van der Waals surface area contributed by atoms with Crippen LogP contribution in [-0.4, -0.2) is 26.3 Å². The van der Waals surface area contributed by atoms with Crippen molar-refractivity contribution in [3.05, 3.63) is 29.7 Å². The number of amides is 1. The molecule has 96 valence electrons. The molecule has 2 aromatic rings. The third-order valence-electron chi connectivity index (χ3n) is 2.43. The molecule has 0 unspecified atom stereocenters. The Kier molecular flexibility index (Phi) is 3.40. The van der Waals surface area contributed by atoms with Crippen LogP contribution in [-0.2, 0) is 0 Å². The van der Waals surface area contributed by atoms with E-state index in [1.807, 2.05) is 13.8 Å². The zero-order valence-electron chi connectivity index (χ0n) is 10.5. The zero-order valence-corrected chi connectivity index (χ0v) is 10.5. The maximum absolute atomic E-state index is 11.8. The first-order chi connectivity index (χ1) is 8.58. The van der Waals surface area contributed by atoms with Crippen molar-refractivity contribution in [1.29, 1.82) is 0 Å². The number of rotatable bonds is 4. The van der Waals surface area contributed by atoms with Crippen molar-refractivity contribution in [2.24, 2.45) is 0 Å². The molecule has 7 heteroatoms. The summed E-state index contributed by atoms with van der Waals surface area (Å²) in [5.74, 6) is 0.897. The van der Waals surface area contributed by atoms with Gasteiger partial charge in [0.05, 0.1) is 11.8 Å². The standard InChI is InChI=1S/C11H15N5O2/c1-6(2)10-15-16-11(18-10)7(3)14-9(17)8-4-12-13-5-8/h4-7H,1-3H3,(H,12,13)(H,14,17)/t7-/m1/s1. The molecule has 0 aromatic carbocycles. The number of carbonyl (C=O) groups excluding carboxylic acids is 1. The predicted octanol–water partition coefficient (Wildman–Crippen LogP) is 1.41. The third kappa shape index (κ3) is 2.55. The molecule has 0 spiro atoms. The van der Waals surface area contributed by atoms with Crippen LogP contribution in [0.5, 0.6) is 0 Å². The Labute approximate surface area is 104 Å². The summed E-state index contributed by atoms with van der Waals surface area (Å²) in [6.07, 6.45) is 2.98. The summed E-state index contributed by atoms with van der Waals surface area (Å²) in [7, 11) is 0. The van der Waals surface area contributed by atoms with Crippen molar-refractivity contribution in [3.8, 4) is 0 Å². The van der Waals surface area contributed by atoms with Crippen molar-refractivity contribution in [2.75, 3.05) is 0 Å². The van der Waals surface area contributed by atoms with E-state index in [2.05, 4.69) is 25.7 Å². The third-order valence-corrected chi connectivity index (χ3v) is 2.43. The van der Waals surface area contributed by atoms with Gasteiger partial charge in [0.1, 0.15) is 6.04 Å². The first-order valence-corrected chi connectivity index (χ1v) is 5.71. The minimum absolute atomic E-state index is 0.169. The lowest BCUT2D eigenvalue weighted by Crippen LogP contribution is -2.26. The second kappa shape index (κ2) is 4.99. The summed E-state index contributed by atoms with van der Waals surface area (Å²) in [4.78, 5) is 11.8. The second-order valence-corrected chi connectivity index (χ2v) is 4.32. The van der Waals surface area contributed by atoms with Crippen LogP contribution in [0.25, 0.3) is 0 Å². The fourth-order valence-corrected chi connectivity index (χ4v) is 1.37. The van der Waals surface area contributed by atoms with Gasteiger partial charge in [0.15, 0.2) is 0 Å². The topological polar surface area (TPSA) is 96.7 Å². The maximum atomic E-state index is 11.8. The number of nitrogens with zero attached hydrogens (tertiary/aromatic N) is 3. The number of aromatic nitrogens is 4. The van der Waals surface area contributed by atoms with Gasteiger partial charge in [-0.2, -0.15) is 5.10 Å². The minimum Gasteiger partial charge on any atom is -0.423 e. The molecular weight excluding hydrogens is 234 g/mol. The Morgan fingerprint density at radius 2 is 2.06 bits per heavy atom. The van der Waals surface area contributed by atoms with E-state index in [9.17, 15) is 4.79 Å². The van der Waals surface area contributed by atoms with E-state index < -0.39 is 0 Å². The lowest BCUT2D eigenvalue weighted by molar-refractivity contribution is 0.0934. The minimum atomic E-state index is -0.340. The summed E-state index contributed by atoms with van der Waals surface area (Å²) >= 11 is 0. The molecule has 0 saturated carbocycles. The van der Waals surface area contributed by atoms with Crippen LogP contribution in [0.3, 0.4) is 0 Å². The number of hydrogen-bond donors (Lipinski definition) is 2. The fourth-order valence-electron chi connectivity index (χ4n) is 1.37. The Morgan fingerprint density at radius 3 is 2.61 bits per heavy atom. The molecular formula is C11H15N5O2. The first-order valence-electron chi connectivity index (χ1n) is 5.71. The van der Waals surface area contributed by atoms with Crippen molar-refractivity contribution in [2.45, 2.75) is 32.7 Å². The molecule has 0 bridgehead atoms. The highest BCUT2D eigenvalue weighted by Gasteiger charge is 2.18. The van der Waals surface area contributed by atoms with Crippen LogP contribution in [0.1, 0.15) is 54.9 Å². The zero-order chi connectivity index (χ0) is 13.1. The summed E-state index contributed by atoms with van der Waals surface area (Å²) < 4.78 is 5.46. The molecule has 0 fully saturated rings. The summed E-state index contributed by atoms with van der Waals surface area (Å²) in [6.45, 7) is 5.72. The van der Waals surface area contributed by atoms with Gasteiger partial charge in [0, 0.05) is 12.1 Å². The van der Waals surface area contributed by atoms with Gasteiger partial charge in [0.2, 0.25) is 11.8 Å². The van der Waals surface area contributed by atoms with E-state index in [0.29, 0.717) is 17.3 Å². The molecule has 2 N–H and O–H groups in total. The Hall–Kier alpha value is -2.18. The first kappa shape index (κ1) is 12.3. The Morgan fingerprint density at radius 1 is 1.33 bits per heavy atom. The van der Waals surface area contributed by atoms with Crippen LogP contribution >= 0.6 is 0 Å². The number of hydrogen-bond acceptors (Lipinski definition) is 5. The number of H-pyrrole nitrogens is 1. The quantitative estimate of drug-likeness (QED) is 0.853. The SMILES string of the molecule is CC(C)c1nnc([C@@H](C)NC(=O)c2cn[nH]c2)o1. The summed E-state index contributed by atoms with van der Waals surface area (Å²) in [5.41, 5.74) is 0.463. The van der Waals surface area contributed by atoms with E-state index in [1.54, 1.807) is 6.92 Å². The number of aromatic amines is 1. The van der Waals surface area contributed by atoms with Gasteiger partial charge in [-0.1, -0.05) is 13.8 Å². The van der Waals surface area contributed by atoms with Crippen LogP contribution in [0, 0.1) is 0 Å². The molecule has 7 nitrogen and oxygen atoms in total. The van der Waals surface area contributed by atoms with Crippen LogP contribution in [0.4, 0.5) is 0 Å². The van der Waals surface area contributed by atoms with Gasteiger partial charge < -0.3 is 9.73 Å². The molecule has 0 radical (unpaired) electrons. The van der Waals surface area contributed by atoms with E-state index in [1.165, 1.54) is 12.4 Å². The van der Waals surface area contributed by atoms with Crippen LogP contribution < -0.4 is 5.32 Å². The molecule has 2 aromatic heterocycles. The van der Waals surface area contributed by atoms with Crippen LogP contribution in [0.2, 0.25) is 0 Å². The van der Waals surface area contributed by atoms with Crippen molar-refractivity contribution < 1.29 is 9.21 Å². The van der Waals surface area contributed by atoms with Gasteiger partial charge in [0.25, 0.3) is 5.91 Å². The predicted molar refractivity (Wildman–Crippen MR) is 62.9 cm³/mol. The lowest BCUT2D eigenvalue weighted by atomic mass is 10.2. The van der Waals surface area contributed by atoms with Crippen LogP contribution in [0.15, 0.2) is 16.8 Å². The molecule has 0 saturated heterocycles. The fraction of sp³-hybridized carbons (Fsp3) is 0.455. The summed E-state index contributed by atoms with van der Waals surface area (Å²) in [6, 6.07) is -0.340. The normalized spacial score (nSPS) is 12.7. The van der Waals surface area contributed by atoms with Crippen molar-refractivity contribution >= 4 is 5.91 Å². The van der Waals surface area contributed by atoms with Crippen molar-refractivity contribution in [1.82, 2.24) is 25.7 Å². The lowest BCUT2D eigenvalue weighted by Gasteiger charge is -2.08.